The van der Waals surface area contributed by atoms with Gasteiger partial charge < -0.3 is 0 Å². The van der Waals surface area contributed by atoms with E-state index >= 15 is 0 Å². The summed E-state index contributed by atoms with van der Waals surface area (Å²) >= 11 is 6.13. The minimum atomic E-state index is -3.73. The third kappa shape index (κ3) is 4.25. The van der Waals surface area contributed by atoms with Crippen LogP contribution in [0.15, 0.2) is 90.1 Å². The van der Waals surface area contributed by atoms with Gasteiger partial charge in [-0.05, 0) is 30.7 Å². The van der Waals surface area contributed by atoms with E-state index in [9.17, 15) is 8.42 Å². The minimum absolute atomic E-state index is 0.0392. The first-order chi connectivity index (χ1) is 14.4. The first-order valence-electron chi connectivity index (χ1n) is 9.38. The summed E-state index contributed by atoms with van der Waals surface area (Å²) in [6.07, 6.45) is 0. The standard InChI is InChI=1S/C23H20ClN3O2S/c1-17-22(19-11-6-3-7-12-19)27(26-21-14-8-13-20(24)15-21)23(25-17)30(28,29)16-18-9-4-2-5-10-18/h2-15,26H,16H2,1H3. The molecule has 1 N–H and O–H groups in total. The van der Waals surface area contributed by atoms with Gasteiger partial charge >= 0.3 is 0 Å². The number of rotatable bonds is 6. The smallest absolute Gasteiger partial charge is 0.247 e. The molecule has 0 bridgehead atoms. The Morgan fingerprint density at radius 2 is 1.60 bits per heavy atom. The molecule has 1 heterocycles. The number of anilines is 1. The molecule has 1 aromatic heterocycles. The lowest BCUT2D eigenvalue weighted by Crippen LogP contribution is -2.19. The van der Waals surface area contributed by atoms with Crippen molar-refractivity contribution in [3.05, 3.63) is 101 Å². The molecule has 0 saturated carbocycles. The van der Waals surface area contributed by atoms with Crippen molar-refractivity contribution < 1.29 is 8.42 Å². The summed E-state index contributed by atoms with van der Waals surface area (Å²) in [6.45, 7) is 1.81. The van der Waals surface area contributed by atoms with Crippen LogP contribution >= 0.6 is 11.6 Å². The Kier molecular flexibility index (Phi) is 5.61. The maximum atomic E-state index is 13.3. The van der Waals surface area contributed by atoms with E-state index in [1.807, 2.05) is 54.6 Å². The highest BCUT2D eigenvalue weighted by molar-refractivity contribution is 7.90. The van der Waals surface area contributed by atoms with Crippen LogP contribution in [0.5, 0.6) is 0 Å². The van der Waals surface area contributed by atoms with E-state index in [0.29, 0.717) is 27.7 Å². The molecule has 0 aliphatic rings. The Hall–Kier alpha value is -3.09. The Balaban J connectivity index is 1.86. The van der Waals surface area contributed by atoms with Crippen LogP contribution in [0.2, 0.25) is 5.02 Å². The van der Waals surface area contributed by atoms with E-state index in [1.54, 1.807) is 37.3 Å². The van der Waals surface area contributed by atoms with Gasteiger partial charge in [0.25, 0.3) is 0 Å². The topological polar surface area (TPSA) is 64.0 Å². The predicted molar refractivity (Wildman–Crippen MR) is 120 cm³/mol. The average Bonchev–Trinajstić information content (AvgIpc) is 3.06. The van der Waals surface area contributed by atoms with Crippen LogP contribution in [0.25, 0.3) is 11.3 Å². The van der Waals surface area contributed by atoms with Crippen LogP contribution < -0.4 is 5.43 Å². The molecule has 0 amide bonds. The van der Waals surface area contributed by atoms with Crippen LogP contribution in [0.1, 0.15) is 11.3 Å². The number of nitrogens with one attached hydrogen (secondary N) is 1. The summed E-state index contributed by atoms with van der Waals surface area (Å²) in [6, 6.07) is 25.8. The number of benzene rings is 3. The molecule has 152 valence electrons. The first kappa shape index (κ1) is 20.2. The van der Waals surface area contributed by atoms with Gasteiger partial charge in [-0.2, -0.15) is 0 Å². The molecule has 0 aliphatic carbocycles. The van der Waals surface area contributed by atoms with Gasteiger partial charge in [-0.25, -0.2) is 18.1 Å². The average molecular weight is 438 g/mol. The number of aromatic nitrogens is 2. The minimum Gasteiger partial charge on any atom is -0.292 e. The summed E-state index contributed by atoms with van der Waals surface area (Å²) in [4.78, 5) is 4.45. The van der Waals surface area contributed by atoms with E-state index in [0.717, 1.165) is 5.56 Å². The monoisotopic (exact) mass is 437 g/mol. The lowest BCUT2D eigenvalue weighted by molar-refractivity contribution is 0.580. The second-order valence-corrected chi connectivity index (χ2v) is 9.22. The van der Waals surface area contributed by atoms with Crippen molar-refractivity contribution in [2.24, 2.45) is 0 Å². The van der Waals surface area contributed by atoms with Gasteiger partial charge in [0.15, 0.2) is 0 Å². The fraction of sp³-hybridized carbons (Fsp3) is 0.0870. The Morgan fingerprint density at radius 1 is 0.933 bits per heavy atom. The SMILES string of the molecule is Cc1nc(S(=O)(=O)Cc2ccccc2)n(Nc2cccc(Cl)c2)c1-c1ccccc1. The van der Waals surface area contributed by atoms with Crippen LogP contribution in [0.3, 0.4) is 0 Å². The first-order valence-corrected chi connectivity index (χ1v) is 11.4. The van der Waals surface area contributed by atoms with Crippen LogP contribution in [-0.2, 0) is 15.6 Å². The third-order valence-electron chi connectivity index (χ3n) is 4.61. The highest BCUT2D eigenvalue weighted by Gasteiger charge is 2.27. The number of sulfone groups is 1. The van der Waals surface area contributed by atoms with Gasteiger partial charge in [0.2, 0.25) is 15.0 Å². The van der Waals surface area contributed by atoms with E-state index in [2.05, 4.69) is 10.4 Å². The molecule has 0 aliphatic heterocycles. The van der Waals surface area contributed by atoms with Crippen molar-refractivity contribution in [1.29, 1.82) is 0 Å². The predicted octanol–water partition coefficient (Wildman–Crippen LogP) is 5.36. The van der Waals surface area contributed by atoms with Gasteiger partial charge in [-0.15, -0.1) is 0 Å². The second kappa shape index (κ2) is 8.34. The fourth-order valence-corrected chi connectivity index (χ4v) is 4.94. The molecule has 4 aromatic rings. The largest absolute Gasteiger partial charge is 0.292 e. The van der Waals surface area contributed by atoms with Crippen molar-refractivity contribution in [2.75, 3.05) is 5.43 Å². The molecule has 0 spiro atoms. The molecule has 0 atom stereocenters. The zero-order valence-electron chi connectivity index (χ0n) is 16.3. The van der Waals surface area contributed by atoms with E-state index in [4.69, 9.17) is 11.6 Å². The normalized spacial score (nSPS) is 11.4. The number of hydrogen-bond donors (Lipinski definition) is 1. The van der Waals surface area contributed by atoms with Gasteiger partial charge in [-0.1, -0.05) is 78.3 Å². The second-order valence-electron chi connectivity index (χ2n) is 6.90. The van der Waals surface area contributed by atoms with Gasteiger partial charge in [0.05, 0.1) is 22.8 Å². The molecule has 7 heteroatoms. The summed E-state index contributed by atoms with van der Waals surface area (Å²) in [5.41, 5.74) is 6.70. The summed E-state index contributed by atoms with van der Waals surface area (Å²) in [7, 11) is -3.73. The number of halogens is 1. The lowest BCUT2D eigenvalue weighted by Gasteiger charge is -2.15. The Morgan fingerprint density at radius 3 is 2.27 bits per heavy atom. The van der Waals surface area contributed by atoms with Crippen LogP contribution in [0, 0.1) is 6.92 Å². The molecule has 4 rings (SSSR count). The maximum absolute atomic E-state index is 13.3. The number of aryl methyl sites for hydroxylation is 1. The third-order valence-corrected chi connectivity index (χ3v) is 6.39. The van der Waals surface area contributed by atoms with E-state index < -0.39 is 9.84 Å². The quantitative estimate of drug-likeness (QED) is 0.441. The molecule has 0 saturated heterocycles. The fourth-order valence-electron chi connectivity index (χ4n) is 3.30. The van der Waals surface area contributed by atoms with Crippen molar-refractivity contribution in [3.8, 4) is 11.3 Å². The van der Waals surface area contributed by atoms with E-state index in [-0.39, 0.29) is 10.9 Å². The zero-order valence-corrected chi connectivity index (χ0v) is 17.9. The lowest BCUT2D eigenvalue weighted by atomic mass is 10.1. The molecular formula is C23H20ClN3O2S. The maximum Gasteiger partial charge on any atom is 0.247 e. The molecule has 3 aromatic carbocycles. The Labute approximate surface area is 180 Å². The zero-order chi connectivity index (χ0) is 21.1. The molecular weight excluding hydrogens is 418 g/mol. The van der Waals surface area contributed by atoms with Gasteiger partial charge in [0.1, 0.15) is 0 Å². The van der Waals surface area contributed by atoms with Crippen LogP contribution in [0.4, 0.5) is 5.69 Å². The Bertz CT molecular complexity index is 1270. The molecule has 0 radical (unpaired) electrons. The highest BCUT2D eigenvalue weighted by atomic mass is 35.5. The summed E-state index contributed by atoms with van der Waals surface area (Å²) in [5.74, 6) is -0.143. The summed E-state index contributed by atoms with van der Waals surface area (Å²) in [5, 5.41) is 0.509. The van der Waals surface area contributed by atoms with Crippen molar-refractivity contribution in [3.63, 3.8) is 0 Å². The van der Waals surface area contributed by atoms with Gasteiger partial charge in [-0.3, -0.25) is 5.43 Å². The summed E-state index contributed by atoms with van der Waals surface area (Å²) < 4.78 is 28.2. The number of nitrogens with zero attached hydrogens (tertiary/aromatic N) is 2. The molecule has 30 heavy (non-hydrogen) atoms. The molecule has 0 unspecified atom stereocenters. The van der Waals surface area contributed by atoms with Crippen LogP contribution in [-0.4, -0.2) is 18.1 Å². The van der Waals surface area contributed by atoms with E-state index in [1.165, 1.54) is 4.68 Å². The van der Waals surface area contributed by atoms with Gasteiger partial charge in [0, 0.05) is 10.6 Å². The highest BCUT2D eigenvalue weighted by Crippen LogP contribution is 2.29. The van der Waals surface area contributed by atoms with Crippen molar-refractivity contribution in [1.82, 2.24) is 9.66 Å². The number of hydrogen-bond acceptors (Lipinski definition) is 4. The molecule has 0 fully saturated rings. The van der Waals surface area contributed by atoms with Crippen molar-refractivity contribution >= 4 is 27.1 Å². The number of imidazole rings is 1. The molecule has 5 nitrogen and oxygen atoms in total. The van der Waals surface area contributed by atoms with Crippen molar-refractivity contribution in [2.45, 2.75) is 17.8 Å².